The van der Waals surface area contributed by atoms with Crippen molar-refractivity contribution < 1.29 is 23.8 Å². The lowest BCUT2D eigenvalue weighted by atomic mass is 10.0. The molecule has 0 fully saturated rings. The van der Waals surface area contributed by atoms with Gasteiger partial charge in [-0.2, -0.15) is 0 Å². The smallest absolute Gasteiger partial charge is 0.306 e. The van der Waals surface area contributed by atoms with Gasteiger partial charge in [-0.1, -0.05) is 237 Å². The van der Waals surface area contributed by atoms with Crippen molar-refractivity contribution >= 4 is 11.9 Å². The second-order valence-electron chi connectivity index (χ2n) is 17.1. The topological polar surface area (TPSA) is 61.8 Å². The zero-order valence-corrected chi connectivity index (χ0v) is 39.1. The Labute approximate surface area is 361 Å². The standard InChI is InChI=1S/C53H98O5/c1-4-7-10-13-15-17-19-21-23-25-26-27-29-31-33-35-37-39-42-45-48-56-49-51(58-53(55)47-44-40-12-9-6-3)50-57-52(54)46-43-41-38-36-34-32-30-28-24-22-20-18-16-14-11-8-5-2/h8,11,16,18,22,24,51H,4-7,9-10,12-15,17,19-21,23,25-50H2,1-3H3/b11-8-,18-16-,24-22-. The second-order valence-corrected chi connectivity index (χ2v) is 17.1. The summed E-state index contributed by atoms with van der Waals surface area (Å²) in [5.74, 6) is -0.409. The molecule has 58 heavy (non-hydrogen) atoms. The molecule has 0 N–H and O–H groups in total. The first-order valence-corrected chi connectivity index (χ1v) is 25.5. The molecule has 0 radical (unpaired) electrons. The van der Waals surface area contributed by atoms with Crippen LogP contribution in [0.2, 0.25) is 0 Å². The summed E-state index contributed by atoms with van der Waals surface area (Å²) in [7, 11) is 0. The summed E-state index contributed by atoms with van der Waals surface area (Å²) < 4.78 is 17.3. The summed E-state index contributed by atoms with van der Waals surface area (Å²) in [6.45, 7) is 7.68. The van der Waals surface area contributed by atoms with Crippen LogP contribution in [0.4, 0.5) is 0 Å². The Morgan fingerprint density at radius 2 is 0.776 bits per heavy atom. The number of carbonyl (C=O) groups excluding carboxylic acids is 2. The minimum absolute atomic E-state index is 0.0840. The predicted molar refractivity (Wildman–Crippen MR) is 252 cm³/mol. The normalized spacial score (nSPS) is 12.4. The van der Waals surface area contributed by atoms with Gasteiger partial charge in [-0.25, -0.2) is 0 Å². The number of hydrogen-bond donors (Lipinski definition) is 0. The van der Waals surface area contributed by atoms with E-state index >= 15 is 0 Å². The molecule has 0 amide bonds. The first-order valence-electron chi connectivity index (χ1n) is 25.5. The zero-order chi connectivity index (χ0) is 42.1. The highest BCUT2D eigenvalue weighted by Gasteiger charge is 2.17. The molecular weight excluding hydrogens is 717 g/mol. The first-order chi connectivity index (χ1) is 28.6. The van der Waals surface area contributed by atoms with Crippen LogP contribution in [0.5, 0.6) is 0 Å². The Bertz CT molecular complexity index is 924. The average Bonchev–Trinajstić information content (AvgIpc) is 3.22. The highest BCUT2D eigenvalue weighted by Crippen LogP contribution is 2.16. The van der Waals surface area contributed by atoms with Gasteiger partial charge in [-0.3, -0.25) is 9.59 Å². The van der Waals surface area contributed by atoms with Crippen LogP contribution in [0.25, 0.3) is 0 Å². The fraction of sp³-hybridized carbons (Fsp3) is 0.849. The van der Waals surface area contributed by atoms with Gasteiger partial charge in [0.1, 0.15) is 6.61 Å². The van der Waals surface area contributed by atoms with Crippen LogP contribution >= 0.6 is 0 Å². The van der Waals surface area contributed by atoms with E-state index in [4.69, 9.17) is 14.2 Å². The summed E-state index contributed by atoms with van der Waals surface area (Å²) in [4.78, 5) is 25.1. The van der Waals surface area contributed by atoms with Gasteiger partial charge in [0, 0.05) is 19.4 Å². The van der Waals surface area contributed by atoms with Crippen molar-refractivity contribution in [3.05, 3.63) is 36.5 Å². The molecule has 0 heterocycles. The van der Waals surface area contributed by atoms with E-state index in [1.807, 2.05) is 0 Å². The van der Waals surface area contributed by atoms with E-state index in [2.05, 4.69) is 57.2 Å². The molecule has 1 unspecified atom stereocenters. The van der Waals surface area contributed by atoms with E-state index in [9.17, 15) is 9.59 Å². The largest absolute Gasteiger partial charge is 0.462 e. The maximum absolute atomic E-state index is 12.6. The maximum Gasteiger partial charge on any atom is 0.306 e. The maximum atomic E-state index is 12.6. The van der Waals surface area contributed by atoms with Gasteiger partial charge >= 0.3 is 11.9 Å². The van der Waals surface area contributed by atoms with Crippen molar-refractivity contribution in [3.63, 3.8) is 0 Å². The van der Waals surface area contributed by atoms with Gasteiger partial charge in [0.2, 0.25) is 0 Å². The monoisotopic (exact) mass is 815 g/mol. The molecule has 0 saturated heterocycles. The van der Waals surface area contributed by atoms with Crippen molar-refractivity contribution in [2.24, 2.45) is 0 Å². The minimum atomic E-state index is -0.531. The highest BCUT2D eigenvalue weighted by atomic mass is 16.6. The van der Waals surface area contributed by atoms with E-state index in [0.29, 0.717) is 19.4 Å². The fourth-order valence-corrected chi connectivity index (χ4v) is 7.41. The molecule has 5 nitrogen and oxygen atoms in total. The Hall–Kier alpha value is -1.88. The van der Waals surface area contributed by atoms with Crippen molar-refractivity contribution in [1.82, 2.24) is 0 Å². The molecule has 0 aromatic rings. The molecule has 0 aliphatic rings. The summed E-state index contributed by atoms with van der Waals surface area (Å²) in [5.41, 5.74) is 0. The fourth-order valence-electron chi connectivity index (χ4n) is 7.41. The van der Waals surface area contributed by atoms with Crippen molar-refractivity contribution in [1.29, 1.82) is 0 Å². The van der Waals surface area contributed by atoms with Crippen LogP contribution in [0.15, 0.2) is 36.5 Å². The number of allylic oxidation sites excluding steroid dienone is 6. The Kier molecular flexibility index (Phi) is 47.9. The number of ether oxygens (including phenoxy) is 3. The molecule has 0 saturated carbocycles. The molecule has 0 aromatic carbocycles. The van der Waals surface area contributed by atoms with E-state index in [1.54, 1.807) is 0 Å². The predicted octanol–water partition coefficient (Wildman–Crippen LogP) is 17.0. The number of esters is 2. The SMILES string of the molecule is CC/C=C\C/C=C\C/C=C\CCCCCCCCCC(=O)OCC(COCCCCCCCCCCCCCCCCCCCCCC)OC(=O)CCCCCCC. The third-order valence-electron chi connectivity index (χ3n) is 11.2. The summed E-state index contributed by atoms with van der Waals surface area (Å²) >= 11 is 0. The van der Waals surface area contributed by atoms with Gasteiger partial charge in [-0.15, -0.1) is 0 Å². The zero-order valence-electron chi connectivity index (χ0n) is 39.1. The van der Waals surface area contributed by atoms with Gasteiger partial charge in [0.15, 0.2) is 6.10 Å². The van der Waals surface area contributed by atoms with Crippen molar-refractivity contribution in [3.8, 4) is 0 Å². The molecule has 0 rings (SSSR count). The molecule has 1 atom stereocenters. The van der Waals surface area contributed by atoms with Crippen LogP contribution in [0, 0.1) is 0 Å². The Morgan fingerprint density at radius 1 is 0.397 bits per heavy atom. The molecule has 0 aromatic heterocycles. The number of carbonyl (C=O) groups is 2. The van der Waals surface area contributed by atoms with Gasteiger partial charge < -0.3 is 14.2 Å². The van der Waals surface area contributed by atoms with Crippen LogP contribution in [0.3, 0.4) is 0 Å². The summed E-state index contributed by atoms with van der Waals surface area (Å²) in [5, 5.41) is 0. The average molecular weight is 815 g/mol. The number of unbranched alkanes of at least 4 members (excludes halogenated alkanes) is 30. The van der Waals surface area contributed by atoms with Crippen LogP contribution in [-0.4, -0.2) is 37.9 Å². The van der Waals surface area contributed by atoms with Crippen LogP contribution in [-0.2, 0) is 23.8 Å². The van der Waals surface area contributed by atoms with Crippen molar-refractivity contribution in [2.75, 3.05) is 19.8 Å². The molecule has 0 aliphatic heterocycles. The Balaban J connectivity index is 3.97. The lowest BCUT2D eigenvalue weighted by molar-refractivity contribution is -0.163. The molecule has 0 aliphatic carbocycles. The quantitative estimate of drug-likeness (QED) is 0.0348. The number of hydrogen-bond acceptors (Lipinski definition) is 5. The molecular formula is C53H98O5. The minimum Gasteiger partial charge on any atom is -0.462 e. The lowest BCUT2D eigenvalue weighted by Crippen LogP contribution is -2.30. The third kappa shape index (κ3) is 46.8. The molecule has 0 spiro atoms. The number of rotatable bonds is 47. The highest BCUT2D eigenvalue weighted by molar-refractivity contribution is 5.70. The first kappa shape index (κ1) is 56.1. The van der Waals surface area contributed by atoms with E-state index < -0.39 is 6.10 Å². The van der Waals surface area contributed by atoms with E-state index in [-0.39, 0.29) is 25.2 Å². The third-order valence-corrected chi connectivity index (χ3v) is 11.2. The van der Waals surface area contributed by atoms with Crippen LogP contribution in [0.1, 0.15) is 265 Å². The summed E-state index contributed by atoms with van der Waals surface area (Å²) in [6.07, 6.45) is 59.0. The van der Waals surface area contributed by atoms with E-state index in [1.165, 1.54) is 161 Å². The van der Waals surface area contributed by atoms with Gasteiger partial charge in [0.25, 0.3) is 0 Å². The van der Waals surface area contributed by atoms with Crippen molar-refractivity contribution in [2.45, 2.75) is 271 Å². The molecule has 5 heteroatoms. The van der Waals surface area contributed by atoms with Gasteiger partial charge in [0.05, 0.1) is 6.61 Å². The molecule has 340 valence electrons. The lowest BCUT2D eigenvalue weighted by Gasteiger charge is -2.18. The summed E-state index contributed by atoms with van der Waals surface area (Å²) in [6, 6.07) is 0. The van der Waals surface area contributed by atoms with E-state index in [0.717, 1.165) is 70.6 Å². The van der Waals surface area contributed by atoms with Gasteiger partial charge in [-0.05, 0) is 51.4 Å². The van der Waals surface area contributed by atoms with Crippen LogP contribution < -0.4 is 0 Å². The molecule has 0 bridgehead atoms. The second kappa shape index (κ2) is 49.5. The Morgan fingerprint density at radius 3 is 1.24 bits per heavy atom.